The molecule has 0 aromatic heterocycles. The molecule has 100 valence electrons. The molecule has 0 spiro atoms. The molecule has 0 saturated heterocycles. The minimum Gasteiger partial charge on any atom is -0.328 e. The lowest BCUT2D eigenvalue weighted by Gasteiger charge is -2.13. The van der Waals surface area contributed by atoms with E-state index in [1.165, 1.54) is 12.1 Å². The molecule has 0 amide bonds. The van der Waals surface area contributed by atoms with Crippen molar-refractivity contribution in [2.75, 3.05) is 0 Å². The number of nitrogens with zero attached hydrogens (tertiary/aromatic N) is 1. The molecule has 1 unspecified atom stereocenters. The third kappa shape index (κ3) is 4.79. The van der Waals surface area contributed by atoms with Gasteiger partial charge in [0.25, 0.3) is 5.69 Å². The van der Waals surface area contributed by atoms with E-state index in [1.807, 2.05) is 0 Å². The molecular formula is C13H19FN2O2. The number of benzene rings is 1. The Balaban J connectivity index is 2.64. The van der Waals surface area contributed by atoms with E-state index >= 15 is 0 Å². The van der Waals surface area contributed by atoms with E-state index < -0.39 is 10.7 Å². The monoisotopic (exact) mass is 254 g/mol. The summed E-state index contributed by atoms with van der Waals surface area (Å²) in [5.41, 5.74) is 6.35. The molecule has 18 heavy (non-hydrogen) atoms. The van der Waals surface area contributed by atoms with Crippen molar-refractivity contribution in [3.63, 3.8) is 0 Å². The van der Waals surface area contributed by atoms with E-state index in [-0.39, 0.29) is 11.7 Å². The van der Waals surface area contributed by atoms with Gasteiger partial charge in [-0.2, -0.15) is 0 Å². The summed E-state index contributed by atoms with van der Waals surface area (Å²) in [6.45, 7) is 4.18. The number of non-ortho nitro benzene ring substituents is 1. The first kappa shape index (κ1) is 14.6. The van der Waals surface area contributed by atoms with Crippen molar-refractivity contribution in [1.82, 2.24) is 0 Å². The van der Waals surface area contributed by atoms with Crippen LogP contribution in [-0.4, -0.2) is 11.0 Å². The lowest BCUT2D eigenvalue weighted by Crippen LogP contribution is -2.22. The quantitative estimate of drug-likeness (QED) is 0.626. The topological polar surface area (TPSA) is 69.2 Å². The van der Waals surface area contributed by atoms with Crippen LogP contribution in [-0.2, 0) is 6.42 Å². The van der Waals surface area contributed by atoms with Crippen LogP contribution in [0.2, 0.25) is 0 Å². The molecule has 0 fully saturated rings. The molecule has 0 aliphatic carbocycles. The minimum absolute atomic E-state index is 0.0484. The summed E-state index contributed by atoms with van der Waals surface area (Å²) in [6.07, 6.45) is 2.17. The molecule has 1 rings (SSSR count). The highest BCUT2D eigenvalue weighted by atomic mass is 19.1. The smallest absolute Gasteiger partial charge is 0.272 e. The van der Waals surface area contributed by atoms with Crippen molar-refractivity contribution in [1.29, 1.82) is 0 Å². The predicted octanol–water partition coefficient (Wildman–Crippen LogP) is 3.04. The summed E-state index contributed by atoms with van der Waals surface area (Å²) in [5, 5.41) is 10.6. The summed E-state index contributed by atoms with van der Waals surface area (Å²) in [7, 11) is 0. The number of nitro groups is 1. The third-order valence-corrected chi connectivity index (χ3v) is 2.73. The second-order valence-corrected chi connectivity index (χ2v) is 5.00. The number of nitrogens with two attached hydrogens (primary N) is 1. The van der Waals surface area contributed by atoms with Gasteiger partial charge in [0.15, 0.2) is 0 Å². The molecule has 0 aliphatic rings. The zero-order valence-electron chi connectivity index (χ0n) is 10.7. The van der Waals surface area contributed by atoms with Crippen LogP contribution >= 0.6 is 0 Å². The van der Waals surface area contributed by atoms with Crippen LogP contribution in [0.5, 0.6) is 0 Å². The number of halogens is 1. The van der Waals surface area contributed by atoms with Gasteiger partial charge in [-0.05, 0) is 36.8 Å². The molecule has 0 heterocycles. The van der Waals surface area contributed by atoms with Crippen molar-refractivity contribution in [3.05, 3.63) is 39.7 Å². The van der Waals surface area contributed by atoms with Gasteiger partial charge in [0, 0.05) is 12.1 Å². The normalized spacial score (nSPS) is 12.7. The Morgan fingerprint density at radius 3 is 2.61 bits per heavy atom. The average Bonchev–Trinajstić information content (AvgIpc) is 2.24. The van der Waals surface area contributed by atoms with Gasteiger partial charge in [0.05, 0.1) is 11.0 Å². The fraction of sp³-hybridized carbons (Fsp3) is 0.538. The number of rotatable bonds is 6. The van der Waals surface area contributed by atoms with E-state index in [9.17, 15) is 14.5 Å². The molecule has 0 saturated carbocycles. The third-order valence-electron chi connectivity index (χ3n) is 2.73. The summed E-state index contributed by atoms with van der Waals surface area (Å²) < 4.78 is 13.2. The molecule has 2 N–H and O–H groups in total. The zero-order chi connectivity index (χ0) is 13.7. The number of hydrogen-bond donors (Lipinski definition) is 1. The maximum atomic E-state index is 13.2. The Hall–Kier alpha value is -1.49. The Bertz CT molecular complexity index is 421. The van der Waals surface area contributed by atoms with E-state index in [4.69, 9.17) is 5.73 Å². The highest BCUT2D eigenvalue weighted by Gasteiger charge is 2.11. The van der Waals surface area contributed by atoms with E-state index in [0.29, 0.717) is 24.3 Å². The van der Waals surface area contributed by atoms with Crippen LogP contribution in [0.3, 0.4) is 0 Å². The summed E-state index contributed by atoms with van der Waals surface area (Å²) in [4.78, 5) is 10.0. The van der Waals surface area contributed by atoms with Crippen molar-refractivity contribution >= 4 is 5.69 Å². The summed E-state index contributed by atoms with van der Waals surface area (Å²) >= 11 is 0. The Kier molecular flexibility index (Phi) is 5.22. The number of aryl methyl sites for hydroxylation is 1. The maximum absolute atomic E-state index is 13.2. The van der Waals surface area contributed by atoms with Crippen LogP contribution in [0.1, 0.15) is 32.3 Å². The van der Waals surface area contributed by atoms with E-state index in [0.717, 1.165) is 12.5 Å². The summed E-state index contributed by atoms with van der Waals surface area (Å²) in [5.74, 6) is -0.0570. The Morgan fingerprint density at radius 2 is 2.06 bits per heavy atom. The maximum Gasteiger partial charge on any atom is 0.272 e. The standard InChI is InChI=1S/C13H19FN2O2/c1-9(2)5-12(15)4-3-10-6-11(14)8-13(7-10)16(17)18/h6-9,12H,3-5,15H2,1-2H3. The highest BCUT2D eigenvalue weighted by molar-refractivity contribution is 5.35. The van der Waals surface area contributed by atoms with Crippen molar-refractivity contribution < 1.29 is 9.31 Å². The molecular weight excluding hydrogens is 235 g/mol. The first-order chi connectivity index (χ1) is 8.38. The Morgan fingerprint density at radius 1 is 1.39 bits per heavy atom. The van der Waals surface area contributed by atoms with Crippen LogP contribution in [0.4, 0.5) is 10.1 Å². The van der Waals surface area contributed by atoms with Gasteiger partial charge in [-0.25, -0.2) is 4.39 Å². The number of nitro benzene ring substituents is 1. The lowest BCUT2D eigenvalue weighted by atomic mass is 9.98. The predicted molar refractivity (Wildman–Crippen MR) is 68.8 cm³/mol. The van der Waals surface area contributed by atoms with Crippen molar-refractivity contribution in [2.24, 2.45) is 11.7 Å². The number of hydrogen-bond acceptors (Lipinski definition) is 3. The minimum atomic E-state index is -0.583. The van der Waals surface area contributed by atoms with Crippen molar-refractivity contribution in [3.8, 4) is 0 Å². The largest absolute Gasteiger partial charge is 0.328 e. The van der Waals surface area contributed by atoms with Gasteiger partial charge in [-0.15, -0.1) is 0 Å². The van der Waals surface area contributed by atoms with Crippen LogP contribution in [0.25, 0.3) is 0 Å². The highest BCUT2D eigenvalue weighted by Crippen LogP contribution is 2.18. The zero-order valence-corrected chi connectivity index (χ0v) is 10.7. The molecule has 4 nitrogen and oxygen atoms in total. The second kappa shape index (κ2) is 6.44. The Labute approximate surface area is 106 Å². The van der Waals surface area contributed by atoms with Gasteiger partial charge >= 0.3 is 0 Å². The van der Waals surface area contributed by atoms with Gasteiger partial charge in [0.1, 0.15) is 5.82 Å². The fourth-order valence-corrected chi connectivity index (χ4v) is 1.96. The molecule has 1 atom stereocenters. The molecule has 0 bridgehead atoms. The second-order valence-electron chi connectivity index (χ2n) is 5.00. The SMILES string of the molecule is CC(C)CC(N)CCc1cc(F)cc([N+](=O)[O-])c1. The van der Waals surface area contributed by atoms with Crippen LogP contribution < -0.4 is 5.73 Å². The van der Waals surface area contributed by atoms with Gasteiger partial charge in [-0.3, -0.25) is 10.1 Å². The summed E-state index contributed by atoms with van der Waals surface area (Å²) in [6, 6.07) is 3.71. The van der Waals surface area contributed by atoms with Gasteiger partial charge < -0.3 is 5.73 Å². The molecule has 0 radical (unpaired) electrons. The first-order valence-electron chi connectivity index (χ1n) is 6.08. The van der Waals surface area contributed by atoms with Crippen LogP contribution in [0, 0.1) is 21.8 Å². The van der Waals surface area contributed by atoms with Gasteiger partial charge in [0.2, 0.25) is 0 Å². The van der Waals surface area contributed by atoms with Crippen molar-refractivity contribution in [2.45, 2.75) is 39.2 Å². The molecule has 1 aromatic rings. The van der Waals surface area contributed by atoms with E-state index in [1.54, 1.807) is 0 Å². The average molecular weight is 254 g/mol. The molecule has 5 heteroatoms. The first-order valence-corrected chi connectivity index (χ1v) is 6.08. The molecule has 1 aromatic carbocycles. The molecule has 0 aliphatic heterocycles. The van der Waals surface area contributed by atoms with Crippen LogP contribution in [0.15, 0.2) is 18.2 Å². The van der Waals surface area contributed by atoms with Gasteiger partial charge in [-0.1, -0.05) is 13.8 Å². The van der Waals surface area contributed by atoms with E-state index in [2.05, 4.69) is 13.8 Å². The lowest BCUT2D eigenvalue weighted by molar-refractivity contribution is -0.385. The fourth-order valence-electron chi connectivity index (χ4n) is 1.96.